The average Bonchev–Trinajstić information content (AvgIpc) is 2.62. The Labute approximate surface area is 105 Å². The van der Waals surface area contributed by atoms with Gasteiger partial charge in [-0.3, -0.25) is 4.79 Å². The molecule has 1 aliphatic rings. The zero-order valence-corrected chi connectivity index (χ0v) is 10.3. The van der Waals surface area contributed by atoms with E-state index >= 15 is 0 Å². The highest BCUT2D eigenvalue weighted by molar-refractivity contribution is 6.07. The third kappa shape index (κ3) is 2.27. The monoisotopic (exact) mass is 246 g/mol. The summed E-state index contributed by atoms with van der Waals surface area (Å²) in [6, 6.07) is 5.18. The van der Waals surface area contributed by atoms with Gasteiger partial charge in [-0.25, -0.2) is 4.79 Å². The van der Waals surface area contributed by atoms with Crippen LogP contribution >= 0.6 is 0 Å². The van der Waals surface area contributed by atoms with E-state index in [1.54, 1.807) is 18.2 Å². The summed E-state index contributed by atoms with van der Waals surface area (Å²) in [4.78, 5) is 22.1. The predicted octanol–water partition coefficient (Wildman–Crippen LogP) is 2.18. The molecule has 0 saturated carbocycles. The standard InChI is InChI=1S/C14H14O4/c1-14(2)8-18-12-5-3-9(7-10(12)14)11(15)4-6-13(16)17/h3-7H,8H2,1-2H3,(H,16,17)/b6-4+. The number of benzene rings is 1. The van der Waals surface area contributed by atoms with E-state index in [4.69, 9.17) is 9.84 Å². The Bertz CT molecular complexity index is 541. The number of aliphatic carboxylic acids is 1. The Balaban J connectivity index is 2.32. The fraction of sp³-hybridized carbons (Fsp3) is 0.286. The van der Waals surface area contributed by atoms with E-state index < -0.39 is 5.97 Å². The van der Waals surface area contributed by atoms with Gasteiger partial charge in [-0.15, -0.1) is 0 Å². The normalized spacial score (nSPS) is 16.3. The van der Waals surface area contributed by atoms with Crippen molar-refractivity contribution in [1.82, 2.24) is 0 Å². The molecule has 0 bridgehead atoms. The first kappa shape index (κ1) is 12.4. The van der Waals surface area contributed by atoms with Gasteiger partial charge in [-0.05, 0) is 24.3 Å². The van der Waals surface area contributed by atoms with Crippen LogP contribution in [0.2, 0.25) is 0 Å². The van der Waals surface area contributed by atoms with Crippen molar-refractivity contribution in [2.45, 2.75) is 19.3 Å². The van der Waals surface area contributed by atoms with Gasteiger partial charge in [0.15, 0.2) is 5.78 Å². The number of hydrogen-bond acceptors (Lipinski definition) is 3. The lowest BCUT2D eigenvalue weighted by atomic mass is 9.86. The molecule has 0 saturated heterocycles. The maximum Gasteiger partial charge on any atom is 0.328 e. The van der Waals surface area contributed by atoms with Crippen LogP contribution in [0.4, 0.5) is 0 Å². The van der Waals surface area contributed by atoms with Crippen molar-refractivity contribution >= 4 is 11.8 Å². The molecule has 94 valence electrons. The number of carboxylic acid groups (broad SMARTS) is 1. The molecule has 0 spiro atoms. The Kier molecular flexibility index (Phi) is 2.95. The second kappa shape index (κ2) is 4.29. The zero-order chi connectivity index (χ0) is 13.3. The lowest BCUT2D eigenvalue weighted by Gasteiger charge is -2.15. The van der Waals surface area contributed by atoms with Crippen molar-refractivity contribution in [1.29, 1.82) is 0 Å². The summed E-state index contributed by atoms with van der Waals surface area (Å²) >= 11 is 0. The van der Waals surface area contributed by atoms with Crippen LogP contribution in [0, 0.1) is 0 Å². The van der Waals surface area contributed by atoms with Gasteiger partial charge in [0.25, 0.3) is 0 Å². The summed E-state index contributed by atoms with van der Waals surface area (Å²) in [5, 5.41) is 8.49. The first-order chi connectivity index (χ1) is 8.40. The van der Waals surface area contributed by atoms with Crippen molar-refractivity contribution in [2.24, 2.45) is 0 Å². The van der Waals surface area contributed by atoms with Gasteiger partial charge in [-0.2, -0.15) is 0 Å². The second-order valence-corrected chi connectivity index (χ2v) is 4.92. The zero-order valence-electron chi connectivity index (χ0n) is 10.3. The molecule has 4 nitrogen and oxygen atoms in total. The largest absolute Gasteiger partial charge is 0.492 e. The van der Waals surface area contributed by atoms with E-state index in [1.807, 2.05) is 13.8 Å². The minimum Gasteiger partial charge on any atom is -0.492 e. The summed E-state index contributed by atoms with van der Waals surface area (Å²) in [6.07, 6.45) is 1.91. The topological polar surface area (TPSA) is 63.6 Å². The molecule has 0 amide bonds. The van der Waals surface area contributed by atoms with Crippen molar-refractivity contribution < 1.29 is 19.4 Å². The molecular weight excluding hydrogens is 232 g/mol. The minimum absolute atomic E-state index is 0.123. The maximum atomic E-state index is 11.8. The first-order valence-electron chi connectivity index (χ1n) is 5.63. The van der Waals surface area contributed by atoms with Gasteiger partial charge in [0.05, 0.1) is 6.61 Å². The molecule has 1 aromatic rings. The van der Waals surface area contributed by atoms with Crippen molar-refractivity contribution in [3.8, 4) is 5.75 Å². The fourth-order valence-electron chi connectivity index (χ4n) is 1.92. The SMILES string of the molecule is CC1(C)COc2ccc(C(=O)/C=C/C(=O)O)cc21. The van der Waals surface area contributed by atoms with Crippen molar-refractivity contribution in [3.63, 3.8) is 0 Å². The average molecular weight is 246 g/mol. The van der Waals surface area contributed by atoms with E-state index in [2.05, 4.69) is 0 Å². The number of carbonyl (C=O) groups excluding carboxylic acids is 1. The fourth-order valence-corrected chi connectivity index (χ4v) is 1.92. The van der Waals surface area contributed by atoms with Crippen LogP contribution in [0.1, 0.15) is 29.8 Å². The van der Waals surface area contributed by atoms with Gasteiger partial charge in [0, 0.05) is 22.6 Å². The summed E-state index contributed by atoms with van der Waals surface area (Å²) in [5.74, 6) is -0.658. The lowest BCUT2D eigenvalue weighted by molar-refractivity contribution is -0.131. The number of fused-ring (bicyclic) bond motifs is 1. The van der Waals surface area contributed by atoms with Crippen LogP contribution < -0.4 is 4.74 Å². The number of carboxylic acids is 1. The molecule has 1 heterocycles. The first-order valence-corrected chi connectivity index (χ1v) is 5.63. The van der Waals surface area contributed by atoms with E-state index in [9.17, 15) is 9.59 Å². The van der Waals surface area contributed by atoms with E-state index in [0.29, 0.717) is 12.2 Å². The minimum atomic E-state index is -1.13. The Morgan fingerprint density at radius 1 is 1.33 bits per heavy atom. The van der Waals surface area contributed by atoms with Crippen LogP contribution in [-0.4, -0.2) is 23.5 Å². The molecule has 1 aromatic carbocycles. The van der Waals surface area contributed by atoms with E-state index in [1.165, 1.54) is 0 Å². The molecule has 4 heteroatoms. The number of ketones is 1. The maximum absolute atomic E-state index is 11.8. The third-order valence-electron chi connectivity index (χ3n) is 2.96. The number of allylic oxidation sites excluding steroid dienone is 1. The quantitative estimate of drug-likeness (QED) is 0.655. The number of ether oxygens (including phenoxy) is 1. The Morgan fingerprint density at radius 2 is 2.06 bits per heavy atom. The third-order valence-corrected chi connectivity index (χ3v) is 2.96. The van der Waals surface area contributed by atoms with Crippen LogP contribution in [0.5, 0.6) is 5.75 Å². The highest BCUT2D eigenvalue weighted by Crippen LogP contribution is 2.38. The van der Waals surface area contributed by atoms with Crippen molar-refractivity contribution in [2.75, 3.05) is 6.61 Å². The smallest absolute Gasteiger partial charge is 0.328 e. The van der Waals surface area contributed by atoms with Gasteiger partial charge >= 0.3 is 5.97 Å². The van der Waals surface area contributed by atoms with Crippen LogP contribution in [-0.2, 0) is 10.2 Å². The van der Waals surface area contributed by atoms with Gasteiger partial charge in [0.2, 0.25) is 0 Å². The van der Waals surface area contributed by atoms with Gasteiger partial charge in [0.1, 0.15) is 5.75 Å². The molecule has 0 unspecified atom stereocenters. The molecule has 0 aliphatic carbocycles. The number of rotatable bonds is 3. The summed E-state index contributed by atoms with van der Waals surface area (Å²) < 4.78 is 5.52. The molecule has 1 N–H and O–H groups in total. The summed E-state index contributed by atoms with van der Waals surface area (Å²) in [5.41, 5.74) is 1.34. The Morgan fingerprint density at radius 3 is 2.72 bits per heavy atom. The highest BCUT2D eigenvalue weighted by Gasteiger charge is 2.32. The second-order valence-electron chi connectivity index (χ2n) is 4.92. The molecule has 1 aliphatic heterocycles. The Hall–Kier alpha value is -2.10. The lowest BCUT2D eigenvalue weighted by Crippen LogP contribution is -2.18. The molecule has 0 atom stereocenters. The van der Waals surface area contributed by atoms with Crippen LogP contribution in [0.15, 0.2) is 30.4 Å². The molecular formula is C14H14O4. The summed E-state index contributed by atoms with van der Waals surface area (Å²) in [7, 11) is 0. The molecule has 18 heavy (non-hydrogen) atoms. The molecule has 2 rings (SSSR count). The van der Waals surface area contributed by atoms with Crippen LogP contribution in [0.3, 0.4) is 0 Å². The number of hydrogen-bond donors (Lipinski definition) is 1. The summed E-state index contributed by atoms with van der Waals surface area (Å²) in [6.45, 7) is 4.67. The molecule has 0 radical (unpaired) electrons. The van der Waals surface area contributed by atoms with Crippen LogP contribution in [0.25, 0.3) is 0 Å². The number of carbonyl (C=O) groups is 2. The molecule has 0 aromatic heterocycles. The van der Waals surface area contributed by atoms with Gasteiger partial charge in [-0.1, -0.05) is 13.8 Å². The van der Waals surface area contributed by atoms with Crippen molar-refractivity contribution in [3.05, 3.63) is 41.5 Å². The predicted molar refractivity (Wildman–Crippen MR) is 66.1 cm³/mol. The van der Waals surface area contributed by atoms with E-state index in [0.717, 1.165) is 23.5 Å². The highest BCUT2D eigenvalue weighted by atomic mass is 16.5. The van der Waals surface area contributed by atoms with E-state index in [-0.39, 0.29) is 11.2 Å². The molecule has 0 fully saturated rings. The van der Waals surface area contributed by atoms with Gasteiger partial charge < -0.3 is 9.84 Å².